The maximum absolute atomic E-state index is 12.2. The van der Waals surface area contributed by atoms with Crippen molar-refractivity contribution in [3.63, 3.8) is 0 Å². The van der Waals surface area contributed by atoms with Gasteiger partial charge in [0, 0.05) is 11.8 Å². The summed E-state index contributed by atoms with van der Waals surface area (Å²) in [6.45, 7) is 3.01. The third-order valence-corrected chi connectivity index (χ3v) is 3.74. The molecule has 1 aliphatic rings. The first kappa shape index (κ1) is 16.0. The highest BCUT2D eigenvalue weighted by Crippen LogP contribution is 2.32. The Morgan fingerprint density at radius 1 is 1.12 bits per heavy atom. The SMILES string of the molecule is COc1cccc(NC(=O)N[C@@H](C)c2ccc3c(c2)OCCO3)c1. The molecule has 0 saturated carbocycles. The van der Waals surface area contributed by atoms with E-state index < -0.39 is 0 Å². The van der Waals surface area contributed by atoms with Gasteiger partial charge in [-0.2, -0.15) is 0 Å². The Bertz CT molecular complexity index is 733. The number of ether oxygens (including phenoxy) is 3. The molecule has 0 unspecified atom stereocenters. The Morgan fingerprint density at radius 2 is 1.92 bits per heavy atom. The zero-order valence-electron chi connectivity index (χ0n) is 13.7. The van der Waals surface area contributed by atoms with Gasteiger partial charge >= 0.3 is 6.03 Å². The minimum absolute atomic E-state index is 0.175. The van der Waals surface area contributed by atoms with Gasteiger partial charge in [0.05, 0.1) is 13.2 Å². The molecule has 0 fully saturated rings. The van der Waals surface area contributed by atoms with E-state index in [2.05, 4.69) is 10.6 Å². The number of benzene rings is 2. The second-order valence-corrected chi connectivity index (χ2v) is 5.46. The summed E-state index contributed by atoms with van der Waals surface area (Å²) in [5.74, 6) is 2.13. The number of rotatable bonds is 4. The lowest BCUT2D eigenvalue weighted by atomic mass is 10.1. The maximum Gasteiger partial charge on any atom is 0.319 e. The van der Waals surface area contributed by atoms with Gasteiger partial charge < -0.3 is 24.8 Å². The van der Waals surface area contributed by atoms with Crippen LogP contribution in [0.15, 0.2) is 42.5 Å². The zero-order chi connectivity index (χ0) is 16.9. The first-order chi connectivity index (χ1) is 11.7. The monoisotopic (exact) mass is 328 g/mol. The van der Waals surface area contributed by atoms with Gasteiger partial charge in [0.1, 0.15) is 19.0 Å². The summed E-state index contributed by atoms with van der Waals surface area (Å²) >= 11 is 0. The normalized spacial score (nSPS) is 13.8. The fourth-order valence-corrected chi connectivity index (χ4v) is 2.48. The highest BCUT2D eigenvalue weighted by molar-refractivity contribution is 5.89. The molecule has 2 aromatic carbocycles. The summed E-state index contributed by atoms with van der Waals surface area (Å²) in [5, 5.41) is 5.70. The van der Waals surface area contributed by atoms with Crippen molar-refractivity contribution in [1.29, 1.82) is 0 Å². The van der Waals surface area contributed by atoms with Gasteiger partial charge in [-0.15, -0.1) is 0 Å². The smallest absolute Gasteiger partial charge is 0.319 e. The minimum atomic E-state index is -0.286. The van der Waals surface area contributed by atoms with Crippen molar-refractivity contribution in [2.45, 2.75) is 13.0 Å². The van der Waals surface area contributed by atoms with Crippen molar-refractivity contribution >= 4 is 11.7 Å². The fourth-order valence-electron chi connectivity index (χ4n) is 2.48. The number of carbonyl (C=O) groups excluding carboxylic acids is 1. The van der Waals surface area contributed by atoms with Crippen molar-refractivity contribution in [2.24, 2.45) is 0 Å². The Kier molecular flexibility index (Phi) is 4.74. The molecule has 2 N–H and O–H groups in total. The topological polar surface area (TPSA) is 68.8 Å². The molecule has 6 nitrogen and oxygen atoms in total. The molecule has 0 bridgehead atoms. The Hall–Kier alpha value is -2.89. The van der Waals surface area contributed by atoms with Crippen LogP contribution in [-0.4, -0.2) is 26.4 Å². The molecular weight excluding hydrogens is 308 g/mol. The Labute approximate surface area is 140 Å². The highest BCUT2D eigenvalue weighted by atomic mass is 16.6. The standard InChI is InChI=1S/C18H20N2O4/c1-12(13-6-7-16-17(10-13)24-9-8-23-16)19-18(21)20-14-4-3-5-15(11-14)22-2/h3-7,10-12H,8-9H2,1-2H3,(H2,19,20,21)/t12-/m0/s1. The predicted octanol–water partition coefficient (Wildman–Crippen LogP) is 3.35. The predicted molar refractivity (Wildman–Crippen MR) is 91.0 cm³/mol. The van der Waals surface area contributed by atoms with Crippen LogP contribution in [0, 0.1) is 0 Å². The van der Waals surface area contributed by atoms with Crippen molar-refractivity contribution in [1.82, 2.24) is 5.32 Å². The van der Waals surface area contributed by atoms with Crippen molar-refractivity contribution in [3.8, 4) is 17.2 Å². The molecule has 3 rings (SSSR count). The van der Waals surface area contributed by atoms with E-state index in [9.17, 15) is 4.79 Å². The van der Waals surface area contributed by atoms with Gasteiger partial charge in [0.15, 0.2) is 11.5 Å². The van der Waals surface area contributed by atoms with E-state index in [4.69, 9.17) is 14.2 Å². The number of methoxy groups -OCH3 is 1. The minimum Gasteiger partial charge on any atom is -0.497 e. The van der Waals surface area contributed by atoms with E-state index in [-0.39, 0.29) is 12.1 Å². The van der Waals surface area contributed by atoms with Crippen LogP contribution in [-0.2, 0) is 0 Å². The summed E-state index contributed by atoms with van der Waals surface area (Å²) in [4.78, 5) is 12.2. The van der Waals surface area contributed by atoms with Gasteiger partial charge in [-0.1, -0.05) is 12.1 Å². The average molecular weight is 328 g/mol. The molecule has 24 heavy (non-hydrogen) atoms. The van der Waals surface area contributed by atoms with Crippen molar-refractivity contribution in [2.75, 3.05) is 25.6 Å². The molecule has 0 spiro atoms. The van der Waals surface area contributed by atoms with Gasteiger partial charge in [-0.25, -0.2) is 4.79 Å². The molecule has 0 radical (unpaired) electrons. The number of hydrogen-bond acceptors (Lipinski definition) is 4. The number of carbonyl (C=O) groups is 1. The molecule has 0 saturated heterocycles. The maximum atomic E-state index is 12.2. The molecule has 126 valence electrons. The Morgan fingerprint density at radius 3 is 2.71 bits per heavy atom. The number of nitrogens with one attached hydrogen (secondary N) is 2. The van der Waals surface area contributed by atoms with E-state index in [1.165, 1.54) is 0 Å². The van der Waals surface area contributed by atoms with E-state index in [1.807, 2.05) is 37.3 Å². The average Bonchev–Trinajstić information content (AvgIpc) is 2.61. The van der Waals surface area contributed by atoms with Crippen LogP contribution < -0.4 is 24.8 Å². The van der Waals surface area contributed by atoms with Crippen LogP contribution >= 0.6 is 0 Å². The van der Waals surface area contributed by atoms with Crippen LogP contribution in [0.25, 0.3) is 0 Å². The van der Waals surface area contributed by atoms with Crippen LogP contribution in [0.5, 0.6) is 17.2 Å². The number of fused-ring (bicyclic) bond motifs is 1. The molecule has 2 amide bonds. The summed E-state index contributed by atoms with van der Waals surface area (Å²) in [5.41, 5.74) is 1.61. The van der Waals surface area contributed by atoms with Crippen molar-refractivity contribution < 1.29 is 19.0 Å². The second kappa shape index (κ2) is 7.12. The van der Waals surface area contributed by atoms with Gasteiger partial charge in [-0.05, 0) is 36.8 Å². The third kappa shape index (κ3) is 3.71. The number of urea groups is 1. The van der Waals surface area contributed by atoms with Crippen LogP contribution in [0.4, 0.5) is 10.5 Å². The first-order valence-electron chi connectivity index (χ1n) is 7.77. The molecule has 0 aromatic heterocycles. The van der Waals surface area contributed by atoms with Gasteiger partial charge in [0.25, 0.3) is 0 Å². The molecular formula is C18H20N2O4. The Balaban J connectivity index is 1.63. The quantitative estimate of drug-likeness (QED) is 0.903. The highest BCUT2D eigenvalue weighted by Gasteiger charge is 2.15. The van der Waals surface area contributed by atoms with Crippen LogP contribution in [0.2, 0.25) is 0 Å². The van der Waals surface area contributed by atoms with Crippen molar-refractivity contribution in [3.05, 3.63) is 48.0 Å². The van der Waals surface area contributed by atoms with E-state index >= 15 is 0 Å². The van der Waals surface area contributed by atoms with Gasteiger partial charge in [-0.3, -0.25) is 0 Å². The fraction of sp³-hybridized carbons (Fsp3) is 0.278. The second-order valence-electron chi connectivity index (χ2n) is 5.46. The number of anilines is 1. The third-order valence-electron chi connectivity index (χ3n) is 3.74. The van der Waals surface area contributed by atoms with E-state index in [1.54, 1.807) is 19.2 Å². The van der Waals surface area contributed by atoms with Crippen LogP contribution in [0.1, 0.15) is 18.5 Å². The van der Waals surface area contributed by atoms with E-state index in [0.29, 0.717) is 30.4 Å². The lowest BCUT2D eigenvalue weighted by Crippen LogP contribution is -2.31. The molecule has 0 aliphatic carbocycles. The van der Waals surface area contributed by atoms with Crippen LogP contribution in [0.3, 0.4) is 0 Å². The number of hydrogen-bond donors (Lipinski definition) is 2. The summed E-state index contributed by atoms with van der Waals surface area (Å²) in [7, 11) is 1.59. The molecule has 1 heterocycles. The lowest BCUT2D eigenvalue weighted by molar-refractivity contribution is 0.171. The summed E-state index contributed by atoms with van der Waals surface area (Å²) < 4.78 is 16.2. The summed E-state index contributed by atoms with van der Waals surface area (Å²) in [6.07, 6.45) is 0. The van der Waals surface area contributed by atoms with E-state index in [0.717, 1.165) is 11.3 Å². The molecule has 6 heteroatoms. The van der Waals surface area contributed by atoms with Gasteiger partial charge in [0.2, 0.25) is 0 Å². The lowest BCUT2D eigenvalue weighted by Gasteiger charge is -2.21. The first-order valence-corrected chi connectivity index (χ1v) is 7.77. The zero-order valence-corrected chi connectivity index (χ0v) is 13.7. The molecule has 1 aliphatic heterocycles. The largest absolute Gasteiger partial charge is 0.497 e. The summed E-state index contributed by atoms with van der Waals surface area (Å²) in [6, 6.07) is 12.4. The molecule has 2 aromatic rings. The number of amides is 2. The molecule has 1 atom stereocenters.